The average molecular weight is 355 g/mol. The summed E-state index contributed by atoms with van der Waals surface area (Å²) in [7, 11) is 2.05. The summed E-state index contributed by atoms with van der Waals surface area (Å²) in [5.41, 5.74) is 9.40. The number of hydrogen-bond acceptors (Lipinski definition) is 5. The van der Waals surface area contributed by atoms with Crippen molar-refractivity contribution in [2.24, 2.45) is 0 Å². The highest BCUT2D eigenvalue weighted by Gasteiger charge is 2.11. The van der Waals surface area contributed by atoms with E-state index in [2.05, 4.69) is 55.8 Å². The van der Waals surface area contributed by atoms with Crippen LogP contribution in [0.2, 0.25) is 0 Å². The number of ether oxygens (including phenoxy) is 1. The first kappa shape index (κ1) is 15.8. The summed E-state index contributed by atoms with van der Waals surface area (Å²) in [6.45, 7) is 0.781. The highest BCUT2D eigenvalue weighted by Crippen LogP contribution is 2.27. The summed E-state index contributed by atoms with van der Waals surface area (Å²) in [6.07, 6.45) is 3.09. The lowest BCUT2D eigenvalue weighted by molar-refractivity contribution is 0.115. The number of para-hydroxylation sites is 2. The van der Waals surface area contributed by atoms with Crippen molar-refractivity contribution < 1.29 is 4.74 Å². The minimum Gasteiger partial charge on any atom is -0.387 e. The molecule has 27 heavy (non-hydrogen) atoms. The second kappa shape index (κ2) is 6.41. The topological polar surface area (TPSA) is 83.8 Å². The summed E-state index contributed by atoms with van der Waals surface area (Å²) in [6, 6.07) is 16.8. The van der Waals surface area contributed by atoms with E-state index in [-0.39, 0.29) is 0 Å². The number of anilines is 1. The molecular formula is C19H16BN6O. The molecule has 0 spiro atoms. The summed E-state index contributed by atoms with van der Waals surface area (Å²) >= 11 is 0. The van der Waals surface area contributed by atoms with E-state index in [1.165, 1.54) is 17.1 Å². The van der Waals surface area contributed by atoms with Crippen LogP contribution in [0.25, 0.3) is 33.0 Å². The fraction of sp³-hybridized carbons (Fsp3) is 0.105. The molecule has 0 aliphatic carbocycles. The molecule has 0 amide bonds. The molecule has 0 unspecified atom stereocenters. The number of hydrogen-bond donors (Lipinski definition) is 1. The Bertz CT molecular complexity index is 1210. The third kappa shape index (κ3) is 2.62. The SMILES string of the molecule is Nc1ncnc2c1ncn2COC[B]n1c2ccccc2c2ccccc21. The number of aromatic nitrogens is 5. The number of rotatable bonds is 5. The molecule has 3 heterocycles. The molecule has 1 radical (unpaired) electrons. The van der Waals surface area contributed by atoms with Crippen LogP contribution in [0.5, 0.6) is 0 Å². The lowest BCUT2D eigenvalue weighted by Gasteiger charge is -2.08. The Kier molecular flexibility index (Phi) is 3.76. The molecule has 0 fully saturated rings. The second-order valence-corrected chi connectivity index (χ2v) is 6.23. The molecule has 0 bridgehead atoms. The van der Waals surface area contributed by atoms with Gasteiger partial charge in [0.1, 0.15) is 18.6 Å². The Morgan fingerprint density at radius 2 is 1.63 bits per heavy atom. The van der Waals surface area contributed by atoms with Crippen LogP contribution in [0, 0.1) is 0 Å². The van der Waals surface area contributed by atoms with E-state index in [1.54, 1.807) is 6.33 Å². The summed E-state index contributed by atoms with van der Waals surface area (Å²) in [5.74, 6) is 0.371. The maximum atomic E-state index is 5.84. The van der Waals surface area contributed by atoms with Crippen molar-refractivity contribution in [1.29, 1.82) is 0 Å². The fourth-order valence-corrected chi connectivity index (χ4v) is 3.42. The van der Waals surface area contributed by atoms with Crippen LogP contribution in [0.1, 0.15) is 0 Å². The van der Waals surface area contributed by atoms with Gasteiger partial charge in [-0.1, -0.05) is 36.4 Å². The van der Waals surface area contributed by atoms with Gasteiger partial charge < -0.3 is 14.9 Å². The first-order valence-corrected chi connectivity index (χ1v) is 8.63. The highest BCUT2D eigenvalue weighted by atomic mass is 16.5. The molecule has 2 aromatic carbocycles. The van der Waals surface area contributed by atoms with Crippen molar-refractivity contribution in [1.82, 2.24) is 24.0 Å². The molecule has 0 aliphatic heterocycles. The standard InChI is InChI=1S/C19H16BN6O/c21-18-17-19(23-10-22-18)25(11-24-17)12-27-9-20-26-15-7-3-1-5-13(15)14-6-2-4-8-16(14)26/h1-8,10-11H,9,12H2,(H2,21,22,23). The van der Waals surface area contributed by atoms with E-state index < -0.39 is 0 Å². The Hall–Kier alpha value is -3.39. The molecule has 5 rings (SSSR count). The van der Waals surface area contributed by atoms with Gasteiger partial charge in [-0.15, -0.1) is 0 Å². The van der Waals surface area contributed by atoms with Crippen LogP contribution in [-0.2, 0) is 11.5 Å². The molecule has 131 valence electrons. The molecule has 0 saturated carbocycles. The number of benzene rings is 2. The minimum absolute atomic E-state index is 0.334. The minimum atomic E-state index is 0.334. The third-order valence-electron chi connectivity index (χ3n) is 4.65. The van der Waals surface area contributed by atoms with Crippen LogP contribution in [-0.4, -0.2) is 37.9 Å². The number of nitrogens with two attached hydrogens (primary N) is 1. The van der Waals surface area contributed by atoms with Crippen molar-refractivity contribution in [3.63, 3.8) is 0 Å². The van der Waals surface area contributed by atoms with E-state index in [9.17, 15) is 0 Å². The second-order valence-electron chi connectivity index (χ2n) is 6.23. The smallest absolute Gasteiger partial charge is 0.281 e. The zero-order chi connectivity index (χ0) is 18.2. The van der Waals surface area contributed by atoms with Crippen molar-refractivity contribution in [3.05, 3.63) is 61.2 Å². The Balaban J connectivity index is 1.36. The predicted molar refractivity (Wildman–Crippen MR) is 106 cm³/mol. The molecule has 8 heteroatoms. The maximum absolute atomic E-state index is 5.84. The van der Waals surface area contributed by atoms with Crippen LogP contribution in [0.4, 0.5) is 5.82 Å². The number of fused-ring (bicyclic) bond motifs is 4. The first-order chi connectivity index (χ1) is 13.3. The highest BCUT2D eigenvalue weighted by molar-refractivity contribution is 6.39. The zero-order valence-corrected chi connectivity index (χ0v) is 14.5. The van der Waals surface area contributed by atoms with Gasteiger partial charge in [0.25, 0.3) is 7.41 Å². The van der Waals surface area contributed by atoms with Gasteiger partial charge in [0, 0.05) is 28.3 Å². The van der Waals surface area contributed by atoms with E-state index in [1.807, 2.05) is 24.1 Å². The Morgan fingerprint density at radius 1 is 0.926 bits per heavy atom. The quantitative estimate of drug-likeness (QED) is 0.387. The summed E-state index contributed by atoms with van der Waals surface area (Å²) in [4.78, 5) is 12.4. The van der Waals surface area contributed by atoms with Crippen molar-refractivity contribution in [2.75, 3.05) is 12.2 Å². The number of nitrogen functional groups attached to an aromatic ring is 1. The normalized spacial score (nSPS) is 11.6. The summed E-state index contributed by atoms with van der Waals surface area (Å²) < 4.78 is 9.83. The molecule has 7 nitrogen and oxygen atoms in total. The van der Waals surface area contributed by atoms with Gasteiger partial charge in [-0.05, 0) is 12.1 Å². The lowest BCUT2D eigenvalue weighted by atomic mass is 9.95. The molecule has 3 aromatic heterocycles. The van der Waals surface area contributed by atoms with Crippen molar-refractivity contribution in [2.45, 2.75) is 6.73 Å². The van der Waals surface area contributed by atoms with Crippen LogP contribution < -0.4 is 5.73 Å². The zero-order valence-electron chi connectivity index (χ0n) is 14.5. The van der Waals surface area contributed by atoms with E-state index in [0.29, 0.717) is 30.2 Å². The van der Waals surface area contributed by atoms with Crippen molar-refractivity contribution >= 4 is 46.2 Å². The molecule has 0 saturated heterocycles. The van der Waals surface area contributed by atoms with Crippen LogP contribution in [0.3, 0.4) is 0 Å². The number of nitrogens with zero attached hydrogens (tertiary/aromatic N) is 5. The molecular weight excluding hydrogens is 339 g/mol. The maximum Gasteiger partial charge on any atom is 0.281 e. The molecule has 0 aliphatic rings. The molecule has 2 N–H and O–H groups in total. The van der Waals surface area contributed by atoms with Gasteiger partial charge in [-0.2, -0.15) is 0 Å². The number of imidazole rings is 1. The van der Waals surface area contributed by atoms with Gasteiger partial charge in [0.15, 0.2) is 11.5 Å². The summed E-state index contributed by atoms with van der Waals surface area (Å²) in [5, 5.41) is 2.47. The van der Waals surface area contributed by atoms with Crippen molar-refractivity contribution in [3.8, 4) is 0 Å². The van der Waals surface area contributed by atoms with Crippen LogP contribution >= 0.6 is 0 Å². The van der Waals surface area contributed by atoms with Gasteiger partial charge in [-0.3, -0.25) is 4.57 Å². The largest absolute Gasteiger partial charge is 0.387 e. The van der Waals surface area contributed by atoms with Gasteiger partial charge in [-0.25, -0.2) is 15.0 Å². The Labute approximate surface area is 155 Å². The van der Waals surface area contributed by atoms with E-state index in [4.69, 9.17) is 10.5 Å². The molecule has 0 atom stereocenters. The monoisotopic (exact) mass is 355 g/mol. The van der Waals surface area contributed by atoms with Gasteiger partial charge >= 0.3 is 0 Å². The molecule has 5 aromatic rings. The average Bonchev–Trinajstić information content (AvgIpc) is 3.26. The Morgan fingerprint density at radius 3 is 2.37 bits per heavy atom. The first-order valence-electron chi connectivity index (χ1n) is 8.63. The predicted octanol–water partition coefficient (Wildman–Crippen LogP) is 2.62. The third-order valence-corrected chi connectivity index (χ3v) is 4.65. The van der Waals surface area contributed by atoms with Gasteiger partial charge in [0.05, 0.1) is 6.33 Å². The fourth-order valence-electron chi connectivity index (χ4n) is 3.42. The lowest BCUT2D eigenvalue weighted by Crippen LogP contribution is -2.15. The van der Waals surface area contributed by atoms with E-state index in [0.717, 1.165) is 11.0 Å². The van der Waals surface area contributed by atoms with E-state index >= 15 is 0 Å². The van der Waals surface area contributed by atoms with Crippen LogP contribution in [0.15, 0.2) is 61.2 Å². The van der Waals surface area contributed by atoms with Gasteiger partial charge in [0.2, 0.25) is 0 Å².